The van der Waals surface area contributed by atoms with Gasteiger partial charge in [0.05, 0.1) is 5.56 Å². The van der Waals surface area contributed by atoms with E-state index in [-0.39, 0.29) is 10.4 Å². The Morgan fingerprint density at radius 2 is 1.55 bits per heavy atom. The average Bonchev–Trinajstić information content (AvgIpc) is 2.39. The Bertz CT molecular complexity index is 631. The summed E-state index contributed by atoms with van der Waals surface area (Å²) in [6.45, 7) is 5.73. The summed E-state index contributed by atoms with van der Waals surface area (Å²) in [5, 5.41) is 3.08. The summed E-state index contributed by atoms with van der Waals surface area (Å²) in [4.78, 5) is 0.989. The molecule has 0 aliphatic carbocycles. The van der Waals surface area contributed by atoms with E-state index in [1.165, 1.54) is 12.1 Å². The normalized spacial score (nSPS) is 12.3. The molecule has 0 unspecified atom stereocenters. The average molecular weight is 325 g/mol. The molecular formula is C17H18F3NS. The van der Waals surface area contributed by atoms with Crippen molar-refractivity contribution < 1.29 is 13.2 Å². The third-order valence-corrected chi connectivity index (χ3v) is 3.86. The maximum atomic E-state index is 13.3. The van der Waals surface area contributed by atoms with E-state index < -0.39 is 11.7 Å². The molecule has 2 aromatic carbocycles. The van der Waals surface area contributed by atoms with Crippen molar-refractivity contribution in [2.75, 3.05) is 5.32 Å². The quantitative estimate of drug-likeness (QED) is 0.735. The van der Waals surface area contributed by atoms with Crippen LogP contribution in [0.1, 0.15) is 26.3 Å². The lowest BCUT2D eigenvalue weighted by atomic mass is 10.1. The summed E-state index contributed by atoms with van der Waals surface area (Å²) < 4.78 is 40.0. The lowest BCUT2D eigenvalue weighted by Crippen LogP contribution is -2.26. The van der Waals surface area contributed by atoms with Crippen LogP contribution in [0.5, 0.6) is 0 Å². The molecule has 0 amide bonds. The lowest BCUT2D eigenvalue weighted by Gasteiger charge is -2.23. The van der Waals surface area contributed by atoms with E-state index in [9.17, 15) is 13.2 Å². The Labute approximate surface area is 132 Å². The highest BCUT2D eigenvalue weighted by atomic mass is 32.2. The minimum absolute atomic E-state index is 0.207. The van der Waals surface area contributed by atoms with Gasteiger partial charge in [-0.25, -0.2) is 0 Å². The number of nitrogens with one attached hydrogen (secondary N) is 1. The topological polar surface area (TPSA) is 12.0 Å². The molecule has 22 heavy (non-hydrogen) atoms. The zero-order chi connectivity index (χ0) is 16.4. The molecule has 0 heterocycles. The Kier molecular flexibility index (Phi) is 4.75. The largest absolute Gasteiger partial charge is 0.417 e. The number of benzene rings is 2. The maximum Gasteiger partial charge on any atom is 0.417 e. The second kappa shape index (κ2) is 6.24. The number of rotatable bonds is 3. The number of halogens is 3. The Balaban J connectivity index is 2.37. The van der Waals surface area contributed by atoms with Gasteiger partial charge in [0, 0.05) is 21.0 Å². The van der Waals surface area contributed by atoms with Crippen molar-refractivity contribution in [2.45, 2.75) is 42.3 Å². The first-order chi connectivity index (χ1) is 10.1. The zero-order valence-electron chi connectivity index (χ0n) is 12.7. The third kappa shape index (κ3) is 4.70. The summed E-state index contributed by atoms with van der Waals surface area (Å²) in [7, 11) is 0. The van der Waals surface area contributed by atoms with Crippen LogP contribution in [-0.2, 0) is 6.18 Å². The van der Waals surface area contributed by atoms with Gasteiger partial charge in [0.2, 0.25) is 0 Å². The second-order valence-corrected chi connectivity index (χ2v) is 7.11. The van der Waals surface area contributed by atoms with Gasteiger partial charge in [0.15, 0.2) is 0 Å². The van der Waals surface area contributed by atoms with Crippen molar-refractivity contribution in [3.63, 3.8) is 0 Å². The molecule has 0 spiro atoms. The van der Waals surface area contributed by atoms with Crippen molar-refractivity contribution in [2.24, 2.45) is 0 Å². The minimum atomic E-state index is -4.38. The summed E-state index contributed by atoms with van der Waals surface area (Å²) >= 11 is 1.12. The number of anilines is 1. The third-order valence-electron chi connectivity index (χ3n) is 2.78. The molecule has 0 bridgehead atoms. The summed E-state index contributed by atoms with van der Waals surface area (Å²) in [5.74, 6) is 0. The number of hydrogen-bond acceptors (Lipinski definition) is 2. The van der Waals surface area contributed by atoms with Gasteiger partial charge in [0.25, 0.3) is 0 Å². The first-order valence-corrected chi connectivity index (χ1v) is 7.69. The standard InChI is InChI=1S/C17H18F3NS/c1-16(2,3)21-12-9-10-15(14(11-12)17(18,19)20)22-13-7-5-4-6-8-13/h4-11,21H,1-3H3. The molecule has 118 valence electrons. The number of hydrogen-bond donors (Lipinski definition) is 1. The fraction of sp³-hybridized carbons (Fsp3) is 0.294. The molecule has 2 rings (SSSR count). The van der Waals surface area contributed by atoms with E-state index in [2.05, 4.69) is 5.32 Å². The molecule has 1 nitrogen and oxygen atoms in total. The van der Waals surface area contributed by atoms with Crippen molar-refractivity contribution >= 4 is 17.4 Å². The van der Waals surface area contributed by atoms with E-state index >= 15 is 0 Å². The second-order valence-electron chi connectivity index (χ2n) is 6.00. The van der Waals surface area contributed by atoms with Crippen LogP contribution in [0.25, 0.3) is 0 Å². The van der Waals surface area contributed by atoms with Gasteiger partial charge in [0.1, 0.15) is 0 Å². The van der Waals surface area contributed by atoms with Crippen LogP contribution in [0.4, 0.5) is 18.9 Å². The molecule has 0 fully saturated rings. The monoisotopic (exact) mass is 325 g/mol. The molecule has 0 aromatic heterocycles. The van der Waals surface area contributed by atoms with Crippen LogP contribution in [0.2, 0.25) is 0 Å². The van der Waals surface area contributed by atoms with Gasteiger partial charge in [-0.1, -0.05) is 30.0 Å². The van der Waals surface area contributed by atoms with Gasteiger partial charge in [-0.05, 0) is 51.1 Å². The summed E-state index contributed by atoms with van der Waals surface area (Å²) in [6, 6.07) is 13.4. The molecule has 5 heteroatoms. The Hall–Kier alpha value is -1.62. The summed E-state index contributed by atoms with van der Waals surface area (Å²) in [6.07, 6.45) is -4.38. The minimum Gasteiger partial charge on any atom is -0.380 e. The fourth-order valence-electron chi connectivity index (χ4n) is 1.97. The van der Waals surface area contributed by atoms with Crippen LogP contribution in [0.3, 0.4) is 0 Å². The van der Waals surface area contributed by atoms with Gasteiger partial charge in [-0.2, -0.15) is 13.2 Å². The maximum absolute atomic E-state index is 13.3. The smallest absolute Gasteiger partial charge is 0.380 e. The highest BCUT2D eigenvalue weighted by Gasteiger charge is 2.34. The van der Waals surface area contributed by atoms with Gasteiger partial charge < -0.3 is 5.32 Å². The predicted molar refractivity (Wildman–Crippen MR) is 85.4 cm³/mol. The van der Waals surface area contributed by atoms with E-state index in [1.54, 1.807) is 18.2 Å². The van der Waals surface area contributed by atoms with Crippen LogP contribution in [0.15, 0.2) is 58.3 Å². The molecule has 0 aliphatic rings. The Morgan fingerprint density at radius 1 is 0.909 bits per heavy atom. The molecule has 2 aromatic rings. The van der Waals surface area contributed by atoms with Crippen LogP contribution >= 0.6 is 11.8 Å². The highest BCUT2D eigenvalue weighted by Crippen LogP contribution is 2.41. The van der Waals surface area contributed by atoms with E-state index in [0.717, 1.165) is 16.7 Å². The molecule has 1 N–H and O–H groups in total. The van der Waals surface area contributed by atoms with Crippen molar-refractivity contribution in [1.29, 1.82) is 0 Å². The van der Waals surface area contributed by atoms with Gasteiger partial charge >= 0.3 is 6.18 Å². The summed E-state index contributed by atoms with van der Waals surface area (Å²) in [5.41, 5.74) is -0.440. The first kappa shape index (κ1) is 16.7. The molecule has 0 saturated heterocycles. The van der Waals surface area contributed by atoms with Crippen molar-refractivity contribution in [3.05, 3.63) is 54.1 Å². The van der Waals surface area contributed by atoms with Gasteiger partial charge in [-0.3, -0.25) is 0 Å². The predicted octanol–water partition coefficient (Wildman–Crippen LogP) is 6.07. The fourth-order valence-corrected chi connectivity index (χ4v) is 2.93. The highest BCUT2D eigenvalue weighted by molar-refractivity contribution is 7.99. The molecule has 0 saturated carbocycles. The molecular weight excluding hydrogens is 307 g/mol. The van der Waals surface area contributed by atoms with Crippen molar-refractivity contribution in [1.82, 2.24) is 0 Å². The molecule has 0 radical (unpaired) electrons. The van der Waals surface area contributed by atoms with Crippen LogP contribution in [0, 0.1) is 0 Å². The van der Waals surface area contributed by atoms with E-state index in [4.69, 9.17) is 0 Å². The van der Waals surface area contributed by atoms with Crippen LogP contribution < -0.4 is 5.32 Å². The van der Waals surface area contributed by atoms with E-state index in [0.29, 0.717) is 5.69 Å². The molecule has 0 aliphatic heterocycles. The van der Waals surface area contributed by atoms with Crippen molar-refractivity contribution in [3.8, 4) is 0 Å². The SMILES string of the molecule is CC(C)(C)Nc1ccc(Sc2ccccc2)c(C(F)(F)F)c1. The lowest BCUT2D eigenvalue weighted by molar-refractivity contribution is -0.139. The zero-order valence-corrected chi connectivity index (χ0v) is 13.5. The Morgan fingerprint density at radius 3 is 2.09 bits per heavy atom. The van der Waals surface area contributed by atoms with Gasteiger partial charge in [-0.15, -0.1) is 0 Å². The van der Waals surface area contributed by atoms with E-state index in [1.807, 2.05) is 39.0 Å². The van der Waals surface area contributed by atoms with Crippen LogP contribution in [-0.4, -0.2) is 5.54 Å². The number of alkyl halides is 3. The molecule has 0 atom stereocenters. The first-order valence-electron chi connectivity index (χ1n) is 6.87.